The minimum Gasteiger partial charge on any atom is -0.337 e. The lowest BCUT2D eigenvalue weighted by Gasteiger charge is -2.26. The average molecular weight is 319 g/mol. The van der Waals surface area contributed by atoms with E-state index in [0.717, 1.165) is 18.5 Å². The maximum Gasteiger partial charge on any atom is 0.235 e. The third-order valence-corrected chi connectivity index (χ3v) is 5.86. The molecule has 5 heteroatoms. The summed E-state index contributed by atoms with van der Waals surface area (Å²) < 4.78 is 12.1. The van der Waals surface area contributed by atoms with E-state index in [2.05, 4.69) is 11.4 Å². The van der Waals surface area contributed by atoms with Crippen LogP contribution in [0, 0.1) is 0 Å². The van der Waals surface area contributed by atoms with Gasteiger partial charge in [-0.05, 0) is 29.0 Å². The Hall–Kier alpha value is -1.46. The normalized spacial score (nSPS) is 15.5. The fraction of sp³-hybridized carbons (Fsp3) is 0.312. The molecule has 0 saturated carbocycles. The first-order valence-electron chi connectivity index (χ1n) is 6.94. The number of benzene rings is 1. The molecule has 1 aliphatic heterocycles. The van der Waals surface area contributed by atoms with Crippen molar-refractivity contribution >= 4 is 28.0 Å². The van der Waals surface area contributed by atoms with Crippen LogP contribution in [0.15, 0.2) is 41.8 Å². The van der Waals surface area contributed by atoms with Gasteiger partial charge < -0.3 is 4.90 Å². The van der Waals surface area contributed by atoms with Gasteiger partial charge in [-0.25, -0.2) is 0 Å². The monoisotopic (exact) mass is 319 g/mol. The van der Waals surface area contributed by atoms with Gasteiger partial charge in [-0.15, -0.1) is 11.3 Å². The summed E-state index contributed by atoms with van der Waals surface area (Å²) in [4.78, 5) is 15.5. The van der Waals surface area contributed by atoms with Crippen molar-refractivity contribution in [3.8, 4) is 0 Å². The summed E-state index contributed by atoms with van der Waals surface area (Å²) in [5.74, 6) is 0.569. The van der Waals surface area contributed by atoms with Crippen LogP contribution < -0.4 is 0 Å². The van der Waals surface area contributed by atoms with Crippen molar-refractivity contribution in [2.24, 2.45) is 0 Å². The van der Waals surface area contributed by atoms with Gasteiger partial charge in [0.1, 0.15) is 5.75 Å². The van der Waals surface area contributed by atoms with Crippen LogP contribution in [0.3, 0.4) is 0 Å². The molecule has 0 bridgehead atoms. The lowest BCUT2D eigenvalue weighted by molar-refractivity contribution is -0.129. The molecule has 3 nitrogen and oxygen atoms in total. The Bertz CT molecular complexity index is 651. The molecule has 0 saturated heterocycles. The number of amides is 1. The van der Waals surface area contributed by atoms with Gasteiger partial charge in [0.2, 0.25) is 5.91 Å². The Kier molecular flexibility index (Phi) is 4.51. The highest BCUT2D eigenvalue weighted by molar-refractivity contribution is 7.84. The number of fused-ring (bicyclic) bond motifs is 1. The number of rotatable bonds is 4. The molecule has 110 valence electrons. The van der Waals surface area contributed by atoms with E-state index in [1.54, 1.807) is 11.3 Å². The summed E-state index contributed by atoms with van der Waals surface area (Å²) in [5.41, 5.74) is 2.26. The molecule has 3 rings (SSSR count). The Balaban J connectivity index is 1.56. The minimum absolute atomic E-state index is 0.00103. The third kappa shape index (κ3) is 3.60. The largest absolute Gasteiger partial charge is 0.337 e. The number of nitrogens with zero attached hydrogens (tertiary/aromatic N) is 1. The fourth-order valence-electron chi connectivity index (χ4n) is 2.50. The highest BCUT2D eigenvalue weighted by atomic mass is 32.2. The number of hydrogen-bond acceptors (Lipinski definition) is 3. The molecule has 0 N–H and O–H groups in total. The Labute approximate surface area is 131 Å². The number of carbonyl (C=O) groups is 1. The maximum atomic E-state index is 12.3. The van der Waals surface area contributed by atoms with Crippen LogP contribution in [-0.4, -0.2) is 27.3 Å². The quantitative estimate of drug-likeness (QED) is 0.868. The molecule has 1 amide bonds. The molecule has 0 aliphatic carbocycles. The van der Waals surface area contributed by atoms with E-state index in [1.807, 2.05) is 35.2 Å². The highest BCUT2D eigenvalue weighted by Crippen LogP contribution is 2.24. The van der Waals surface area contributed by atoms with Gasteiger partial charge >= 0.3 is 0 Å². The number of thiophene rings is 1. The molecule has 0 fully saturated rings. The maximum absolute atomic E-state index is 12.3. The summed E-state index contributed by atoms with van der Waals surface area (Å²) in [7, 11) is -1.14. The van der Waals surface area contributed by atoms with E-state index >= 15 is 0 Å². The van der Waals surface area contributed by atoms with Gasteiger partial charge in [0, 0.05) is 34.5 Å². The van der Waals surface area contributed by atoms with Crippen LogP contribution >= 0.6 is 11.3 Å². The summed E-state index contributed by atoms with van der Waals surface area (Å²) >= 11 is 1.76. The van der Waals surface area contributed by atoms with Crippen molar-refractivity contribution in [1.29, 1.82) is 0 Å². The Morgan fingerprint density at radius 1 is 1.24 bits per heavy atom. The first-order valence-corrected chi connectivity index (χ1v) is 9.31. The number of carbonyl (C=O) groups excluding carboxylic acids is 1. The molecular formula is C16H17NO2S2. The van der Waals surface area contributed by atoms with E-state index in [-0.39, 0.29) is 11.7 Å². The van der Waals surface area contributed by atoms with Crippen LogP contribution in [0.4, 0.5) is 0 Å². The van der Waals surface area contributed by atoms with E-state index in [1.165, 1.54) is 10.4 Å². The SMILES string of the molecule is O=C(C[S@](=O)Cc1ccccc1)N1CCc2sccc2C1. The van der Waals surface area contributed by atoms with Crippen molar-refractivity contribution in [3.05, 3.63) is 57.8 Å². The van der Waals surface area contributed by atoms with Gasteiger partial charge in [0.05, 0.1) is 0 Å². The molecular weight excluding hydrogens is 302 g/mol. The van der Waals surface area contributed by atoms with E-state index < -0.39 is 10.8 Å². The van der Waals surface area contributed by atoms with Gasteiger partial charge in [-0.1, -0.05) is 30.3 Å². The zero-order valence-electron chi connectivity index (χ0n) is 11.7. The predicted octanol–water partition coefficient (Wildman–Crippen LogP) is 2.58. The van der Waals surface area contributed by atoms with Crippen molar-refractivity contribution in [3.63, 3.8) is 0 Å². The summed E-state index contributed by atoms with van der Waals surface area (Å²) in [6, 6.07) is 11.8. The molecule has 21 heavy (non-hydrogen) atoms. The zero-order chi connectivity index (χ0) is 14.7. The first-order chi connectivity index (χ1) is 10.2. The van der Waals surface area contributed by atoms with Crippen LogP contribution in [0.25, 0.3) is 0 Å². The van der Waals surface area contributed by atoms with Gasteiger partial charge in [-0.3, -0.25) is 9.00 Å². The van der Waals surface area contributed by atoms with Crippen molar-refractivity contribution in [2.45, 2.75) is 18.7 Å². The van der Waals surface area contributed by atoms with Crippen molar-refractivity contribution in [1.82, 2.24) is 4.90 Å². The zero-order valence-corrected chi connectivity index (χ0v) is 13.3. The second kappa shape index (κ2) is 6.54. The molecule has 1 aromatic carbocycles. The third-order valence-electron chi connectivity index (χ3n) is 3.62. The van der Waals surface area contributed by atoms with E-state index in [9.17, 15) is 9.00 Å². The number of hydrogen-bond donors (Lipinski definition) is 0. The van der Waals surface area contributed by atoms with Crippen LogP contribution in [0.5, 0.6) is 0 Å². The van der Waals surface area contributed by atoms with Crippen LogP contribution in [0.1, 0.15) is 16.0 Å². The Morgan fingerprint density at radius 2 is 2.05 bits per heavy atom. The summed E-state index contributed by atoms with van der Waals surface area (Å²) in [6.07, 6.45) is 0.921. The topological polar surface area (TPSA) is 37.4 Å². The second-order valence-electron chi connectivity index (χ2n) is 5.15. The lowest BCUT2D eigenvalue weighted by Crippen LogP contribution is -2.38. The average Bonchev–Trinajstić information content (AvgIpc) is 2.95. The molecule has 2 heterocycles. The lowest BCUT2D eigenvalue weighted by atomic mass is 10.1. The standard InChI is InChI=1S/C16H17NO2S2/c18-16(12-21(19)11-13-4-2-1-3-5-13)17-8-6-15-14(10-17)7-9-20-15/h1-5,7,9H,6,8,10-12H2/t21-/m1/s1. The molecule has 0 radical (unpaired) electrons. The van der Waals surface area contributed by atoms with Crippen LogP contribution in [0.2, 0.25) is 0 Å². The summed E-state index contributed by atoms with van der Waals surface area (Å²) in [6.45, 7) is 1.41. The molecule has 1 atom stereocenters. The van der Waals surface area contributed by atoms with Crippen molar-refractivity contribution < 1.29 is 9.00 Å². The van der Waals surface area contributed by atoms with E-state index in [4.69, 9.17) is 0 Å². The molecule has 1 aliphatic rings. The fourth-order valence-corrected chi connectivity index (χ4v) is 4.52. The van der Waals surface area contributed by atoms with Crippen LogP contribution in [-0.2, 0) is 34.3 Å². The van der Waals surface area contributed by atoms with Gasteiger partial charge in [0.25, 0.3) is 0 Å². The van der Waals surface area contributed by atoms with Gasteiger partial charge in [-0.2, -0.15) is 0 Å². The molecule has 1 aromatic heterocycles. The predicted molar refractivity (Wildman–Crippen MR) is 86.6 cm³/mol. The van der Waals surface area contributed by atoms with E-state index in [0.29, 0.717) is 12.3 Å². The second-order valence-corrected chi connectivity index (χ2v) is 7.61. The summed E-state index contributed by atoms with van der Waals surface area (Å²) in [5, 5.41) is 2.08. The smallest absolute Gasteiger partial charge is 0.235 e. The van der Waals surface area contributed by atoms with Crippen molar-refractivity contribution in [2.75, 3.05) is 12.3 Å². The highest BCUT2D eigenvalue weighted by Gasteiger charge is 2.22. The molecule has 0 unspecified atom stereocenters. The molecule has 0 spiro atoms. The molecule has 2 aromatic rings. The van der Waals surface area contributed by atoms with Gasteiger partial charge in [0.15, 0.2) is 0 Å². The minimum atomic E-state index is -1.14. The first kappa shape index (κ1) is 14.5. The Morgan fingerprint density at radius 3 is 2.86 bits per heavy atom.